The van der Waals surface area contributed by atoms with Crippen LogP contribution in [0.15, 0.2) is 53.5 Å². The van der Waals surface area contributed by atoms with Crippen LogP contribution in [0.3, 0.4) is 0 Å². The van der Waals surface area contributed by atoms with Gasteiger partial charge in [0.15, 0.2) is 11.5 Å². The molecule has 0 radical (unpaired) electrons. The van der Waals surface area contributed by atoms with Crippen LogP contribution in [0.4, 0.5) is 0 Å². The lowest BCUT2D eigenvalue weighted by Gasteiger charge is -2.13. The van der Waals surface area contributed by atoms with Gasteiger partial charge in [0, 0.05) is 5.56 Å². The predicted molar refractivity (Wildman–Crippen MR) is 93.9 cm³/mol. The Morgan fingerprint density at radius 1 is 1.20 bits per heavy atom. The summed E-state index contributed by atoms with van der Waals surface area (Å²) >= 11 is 0. The first-order chi connectivity index (χ1) is 12.2. The zero-order chi connectivity index (χ0) is 17.6. The molecule has 0 bridgehead atoms. The molecule has 0 aliphatic carbocycles. The molecule has 1 aliphatic heterocycles. The molecule has 6 nitrogen and oxygen atoms in total. The summed E-state index contributed by atoms with van der Waals surface area (Å²) in [5.74, 6) is 0.874. The van der Waals surface area contributed by atoms with Crippen molar-refractivity contribution in [2.75, 3.05) is 13.4 Å². The highest BCUT2D eigenvalue weighted by molar-refractivity contribution is 6.04. The Labute approximate surface area is 146 Å². The lowest BCUT2D eigenvalue weighted by atomic mass is 10.1. The molecule has 130 valence electrons. The molecule has 1 N–H and O–H groups in total. The maximum absolute atomic E-state index is 12.5. The number of benzene rings is 2. The maximum atomic E-state index is 12.5. The van der Waals surface area contributed by atoms with Crippen molar-refractivity contribution in [1.29, 1.82) is 0 Å². The van der Waals surface area contributed by atoms with Crippen LogP contribution < -0.4 is 14.8 Å². The van der Waals surface area contributed by atoms with Crippen molar-refractivity contribution in [3.05, 3.63) is 59.7 Å². The first kappa shape index (κ1) is 16.8. The number of nitrogens with zero attached hydrogens (tertiary/aromatic N) is 1. The molecule has 0 fully saturated rings. The Morgan fingerprint density at radius 2 is 1.96 bits per heavy atom. The second-order valence-electron chi connectivity index (χ2n) is 5.48. The van der Waals surface area contributed by atoms with Gasteiger partial charge in [-0.25, -0.2) is 4.99 Å². The molecule has 0 spiro atoms. The summed E-state index contributed by atoms with van der Waals surface area (Å²) in [5, 5.41) is 2.72. The number of amidine groups is 1. The molecule has 0 saturated heterocycles. The molecular formula is C19H20N2O4. The third-order valence-corrected chi connectivity index (χ3v) is 3.73. The molecule has 1 heterocycles. The average Bonchev–Trinajstić information content (AvgIpc) is 3.10. The van der Waals surface area contributed by atoms with Gasteiger partial charge in [-0.1, -0.05) is 30.3 Å². The number of nitrogens with one attached hydrogen (secondary N) is 1. The van der Waals surface area contributed by atoms with Crippen molar-refractivity contribution >= 4 is 11.9 Å². The van der Waals surface area contributed by atoms with Gasteiger partial charge in [-0.3, -0.25) is 10.1 Å². The standard InChI is InChI=1S/C19H20N2O4/c1-3-23-19(20-13(2)14-7-5-4-6-8-14)21-18(22)15-9-10-16-17(11-15)25-12-24-16/h4-11,13H,3,12H2,1-2H3,(H,20,21,22)/t13-/m1/s1. The van der Waals surface area contributed by atoms with Crippen LogP contribution in [0.25, 0.3) is 0 Å². The van der Waals surface area contributed by atoms with E-state index in [9.17, 15) is 4.79 Å². The minimum atomic E-state index is -0.314. The van der Waals surface area contributed by atoms with Crippen LogP contribution in [0, 0.1) is 0 Å². The summed E-state index contributed by atoms with van der Waals surface area (Å²) in [7, 11) is 0. The number of aliphatic imine (C=N–C) groups is 1. The smallest absolute Gasteiger partial charge is 0.292 e. The zero-order valence-electron chi connectivity index (χ0n) is 14.2. The monoisotopic (exact) mass is 340 g/mol. The van der Waals surface area contributed by atoms with E-state index in [0.717, 1.165) is 5.56 Å². The van der Waals surface area contributed by atoms with E-state index < -0.39 is 0 Å². The number of carbonyl (C=O) groups is 1. The third kappa shape index (κ3) is 4.09. The number of carbonyl (C=O) groups excluding carboxylic acids is 1. The Hall–Kier alpha value is -3.02. The Balaban J connectivity index is 1.75. The molecule has 2 aromatic carbocycles. The quantitative estimate of drug-likeness (QED) is 0.685. The molecule has 0 unspecified atom stereocenters. The zero-order valence-corrected chi connectivity index (χ0v) is 14.2. The summed E-state index contributed by atoms with van der Waals surface area (Å²) < 4.78 is 16.0. The van der Waals surface area contributed by atoms with Crippen molar-refractivity contribution in [3.8, 4) is 11.5 Å². The summed E-state index contributed by atoms with van der Waals surface area (Å²) in [4.78, 5) is 17.0. The van der Waals surface area contributed by atoms with Crippen LogP contribution in [-0.2, 0) is 4.74 Å². The fourth-order valence-electron chi connectivity index (χ4n) is 2.43. The van der Waals surface area contributed by atoms with Crippen LogP contribution in [-0.4, -0.2) is 25.3 Å². The highest BCUT2D eigenvalue weighted by atomic mass is 16.7. The molecule has 1 aliphatic rings. The number of ether oxygens (including phenoxy) is 3. The number of rotatable bonds is 4. The summed E-state index contributed by atoms with van der Waals surface area (Å²) in [6.07, 6.45) is 0. The average molecular weight is 340 g/mol. The number of fused-ring (bicyclic) bond motifs is 1. The van der Waals surface area contributed by atoms with E-state index >= 15 is 0 Å². The van der Waals surface area contributed by atoms with E-state index in [1.165, 1.54) is 0 Å². The van der Waals surface area contributed by atoms with Gasteiger partial charge in [-0.05, 0) is 37.6 Å². The van der Waals surface area contributed by atoms with Crippen LogP contribution in [0.1, 0.15) is 35.8 Å². The van der Waals surface area contributed by atoms with Gasteiger partial charge in [0.25, 0.3) is 11.9 Å². The number of amides is 1. The van der Waals surface area contributed by atoms with Gasteiger partial charge in [-0.2, -0.15) is 0 Å². The van der Waals surface area contributed by atoms with Crippen molar-refractivity contribution in [2.24, 2.45) is 4.99 Å². The van der Waals surface area contributed by atoms with Crippen LogP contribution in [0.5, 0.6) is 11.5 Å². The maximum Gasteiger partial charge on any atom is 0.292 e. The molecular weight excluding hydrogens is 320 g/mol. The first-order valence-corrected chi connectivity index (χ1v) is 8.14. The van der Waals surface area contributed by atoms with E-state index in [1.54, 1.807) is 18.2 Å². The minimum absolute atomic E-state index is 0.139. The number of hydrogen-bond acceptors (Lipinski definition) is 5. The van der Waals surface area contributed by atoms with Crippen LogP contribution >= 0.6 is 0 Å². The van der Waals surface area contributed by atoms with Gasteiger partial charge in [0.2, 0.25) is 6.79 Å². The summed E-state index contributed by atoms with van der Waals surface area (Å²) in [6.45, 7) is 4.36. The summed E-state index contributed by atoms with van der Waals surface area (Å²) in [5.41, 5.74) is 1.49. The largest absolute Gasteiger partial charge is 0.465 e. The lowest BCUT2D eigenvalue weighted by Crippen LogP contribution is -2.33. The van der Waals surface area contributed by atoms with Gasteiger partial charge >= 0.3 is 0 Å². The van der Waals surface area contributed by atoms with Gasteiger partial charge in [0.05, 0.1) is 12.6 Å². The van der Waals surface area contributed by atoms with Gasteiger partial charge < -0.3 is 14.2 Å². The first-order valence-electron chi connectivity index (χ1n) is 8.14. The molecule has 2 aromatic rings. The lowest BCUT2D eigenvalue weighted by molar-refractivity contribution is 0.0965. The van der Waals surface area contributed by atoms with E-state index in [-0.39, 0.29) is 24.8 Å². The Bertz CT molecular complexity index is 774. The molecule has 1 atom stereocenters. The molecule has 0 saturated carbocycles. The number of hydrogen-bond donors (Lipinski definition) is 1. The molecule has 6 heteroatoms. The molecule has 0 aromatic heterocycles. The fourth-order valence-corrected chi connectivity index (χ4v) is 2.43. The third-order valence-electron chi connectivity index (χ3n) is 3.73. The normalized spacial score (nSPS) is 14.1. The SMILES string of the molecule is CCOC(=N[C@H](C)c1ccccc1)NC(=O)c1ccc2c(c1)OCO2. The van der Waals surface area contributed by atoms with Crippen molar-refractivity contribution in [1.82, 2.24) is 5.32 Å². The molecule has 1 amide bonds. The Kier molecular flexibility index (Phi) is 5.18. The van der Waals surface area contributed by atoms with Crippen molar-refractivity contribution < 1.29 is 19.0 Å². The Morgan fingerprint density at radius 3 is 2.72 bits per heavy atom. The van der Waals surface area contributed by atoms with E-state index in [4.69, 9.17) is 14.2 Å². The second kappa shape index (κ2) is 7.70. The van der Waals surface area contributed by atoms with E-state index in [0.29, 0.717) is 23.7 Å². The molecule has 25 heavy (non-hydrogen) atoms. The summed E-state index contributed by atoms with van der Waals surface area (Å²) in [6, 6.07) is 14.9. The fraction of sp³-hybridized carbons (Fsp3) is 0.263. The topological polar surface area (TPSA) is 69.2 Å². The van der Waals surface area contributed by atoms with E-state index in [2.05, 4.69) is 10.3 Å². The van der Waals surface area contributed by atoms with Crippen molar-refractivity contribution in [2.45, 2.75) is 19.9 Å². The van der Waals surface area contributed by atoms with Crippen molar-refractivity contribution in [3.63, 3.8) is 0 Å². The van der Waals surface area contributed by atoms with Crippen LogP contribution in [0.2, 0.25) is 0 Å². The van der Waals surface area contributed by atoms with E-state index in [1.807, 2.05) is 44.2 Å². The minimum Gasteiger partial charge on any atom is -0.465 e. The second-order valence-corrected chi connectivity index (χ2v) is 5.48. The molecule has 3 rings (SSSR count). The highest BCUT2D eigenvalue weighted by Crippen LogP contribution is 2.32. The van der Waals surface area contributed by atoms with Gasteiger partial charge in [-0.15, -0.1) is 0 Å². The predicted octanol–water partition coefficient (Wildman–Crippen LogP) is 3.30. The van der Waals surface area contributed by atoms with Gasteiger partial charge in [0.1, 0.15) is 0 Å². The highest BCUT2D eigenvalue weighted by Gasteiger charge is 2.18.